The molecule has 208 valence electrons. The first-order valence-corrected chi connectivity index (χ1v) is 12.0. The predicted octanol–water partition coefficient (Wildman–Crippen LogP) is 3.09. The number of hydrogen-bond acceptors (Lipinski definition) is 6. The summed E-state index contributed by atoms with van der Waals surface area (Å²) in [6.07, 6.45) is -3.68. The fraction of sp³-hybridized carbons (Fsp3) is 0.259. The largest absolute Gasteiger partial charge is 0.489 e. The van der Waals surface area contributed by atoms with Gasteiger partial charge in [-0.3, -0.25) is 14.3 Å². The number of rotatable bonds is 6. The van der Waals surface area contributed by atoms with Crippen molar-refractivity contribution < 1.29 is 37.0 Å². The van der Waals surface area contributed by atoms with Gasteiger partial charge in [-0.25, -0.2) is 9.37 Å². The van der Waals surface area contributed by atoms with Gasteiger partial charge in [0, 0.05) is 35.3 Å². The van der Waals surface area contributed by atoms with Gasteiger partial charge in [-0.1, -0.05) is 0 Å². The van der Waals surface area contributed by atoms with Crippen LogP contribution in [0.2, 0.25) is 0 Å². The molecule has 0 fully saturated rings. The van der Waals surface area contributed by atoms with Crippen LogP contribution in [0, 0.1) is 5.82 Å². The molecule has 2 amide bonds. The van der Waals surface area contributed by atoms with Gasteiger partial charge < -0.3 is 20.9 Å². The second kappa shape index (κ2) is 9.30. The van der Waals surface area contributed by atoms with Gasteiger partial charge in [0.1, 0.15) is 29.3 Å². The van der Waals surface area contributed by atoms with E-state index in [4.69, 9.17) is 10.5 Å². The van der Waals surface area contributed by atoms with E-state index in [1.165, 1.54) is 35.9 Å². The van der Waals surface area contributed by atoms with Crippen LogP contribution in [-0.2, 0) is 22.9 Å². The molecule has 40 heavy (non-hydrogen) atoms. The Labute approximate surface area is 224 Å². The van der Waals surface area contributed by atoms with Crippen LogP contribution in [0.4, 0.5) is 17.6 Å². The zero-order chi connectivity index (χ0) is 29.0. The van der Waals surface area contributed by atoms with Crippen molar-refractivity contribution in [1.29, 1.82) is 0 Å². The van der Waals surface area contributed by atoms with Gasteiger partial charge in [0.2, 0.25) is 11.5 Å². The zero-order valence-corrected chi connectivity index (χ0v) is 21.2. The maximum atomic E-state index is 14.5. The number of carbonyl (C=O) groups is 2. The summed E-state index contributed by atoms with van der Waals surface area (Å²) in [4.78, 5) is 29.2. The number of pyridine rings is 1. The fourth-order valence-electron chi connectivity index (χ4n) is 4.54. The summed E-state index contributed by atoms with van der Waals surface area (Å²) in [5, 5.41) is 18.0. The monoisotopic (exact) mass is 557 g/mol. The maximum Gasteiger partial charge on any atom is 0.424 e. The van der Waals surface area contributed by atoms with Crippen LogP contribution in [-0.4, -0.2) is 51.0 Å². The number of benzene rings is 2. The zero-order valence-electron chi connectivity index (χ0n) is 21.2. The minimum atomic E-state index is -5.32. The number of alkyl halides is 3. The van der Waals surface area contributed by atoms with Crippen molar-refractivity contribution in [2.45, 2.75) is 24.1 Å². The van der Waals surface area contributed by atoms with Gasteiger partial charge in [0.15, 0.2) is 0 Å². The van der Waals surface area contributed by atoms with Crippen molar-refractivity contribution in [1.82, 2.24) is 20.1 Å². The van der Waals surface area contributed by atoms with Crippen molar-refractivity contribution in [2.75, 3.05) is 13.2 Å². The Morgan fingerprint density at radius 3 is 2.52 bits per heavy atom. The highest BCUT2D eigenvalue weighted by molar-refractivity contribution is 5.98. The molecule has 0 radical (unpaired) electrons. The summed E-state index contributed by atoms with van der Waals surface area (Å²) in [7, 11) is 1.68. The molecule has 0 saturated heterocycles. The molecule has 0 spiro atoms. The second-order valence-electron chi connectivity index (χ2n) is 9.84. The quantitative estimate of drug-likeness (QED) is 0.312. The van der Waals surface area contributed by atoms with E-state index >= 15 is 0 Å². The van der Waals surface area contributed by atoms with E-state index in [9.17, 15) is 32.3 Å². The van der Waals surface area contributed by atoms with Crippen LogP contribution in [0.1, 0.15) is 28.5 Å². The van der Waals surface area contributed by atoms with Crippen molar-refractivity contribution in [3.63, 3.8) is 0 Å². The average Bonchev–Trinajstić information content (AvgIpc) is 3.45. The third-order valence-electron chi connectivity index (χ3n) is 7.01. The molecule has 5 rings (SSSR count). The number of ether oxygens (including phenoxy) is 1. The summed E-state index contributed by atoms with van der Waals surface area (Å²) in [6, 6.07) is 10.00. The first-order valence-electron chi connectivity index (χ1n) is 12.0. The fourth-order valence-corrected chi connectivity index (χ4v) is 4.54. The summed E-state index contributed by atoms with van der Waals surface area (Å²) in [5.41, 5.74) is 0.0511. The lowest BCUT2D eigenvalue weighted by Crippen LogP contribution is -2.51. The van der Waals surface area contributed by atoms with Gasteiger partial charge in [0.25, 0.3) is 5.91 Å². The van der Waals surface area contributed by atoms with Crippen molar-refractivity contribution in [2.24, 2.45) is 12.8 Å². The SMILES string of the molecule is Cn1cc2cc(C(=O)NC[C@](O)(c3cc4c(c(-c5ccc(F)cc5)n3)OC[C@]4(C)C(N)=O)C(F)(F)F)ccc2n1. The van der Waals surface area contributed by atoms with Crippen LogP contribution < -0.4 is 15.8 Å². The molecule has 2 aromatic heterocycles. The Morgan fingerprint density at radius 1 is 1.18 bits per heavy atom. The molecule has 0 saturated carbocycles. The number of primary amides is 1. The lowest BCUT2D eigenvalue weighted by atomic mass is 9.81. The van der Waals surface area contributed by atoms with Crippen LogP contribution in [0.5, 0.6) is 5.75 Å². The molecule has 0 unspecified atom stereocenters. The average molecular weight is 558 g/mol. The number of carbonyl (C=O) groups excluding carboxylic acids is 2. The molecular weight excluding hydrogens is 534 g/mol. The maximum absolute atomic E-state index is 14.5. The van der Waals surface area contributed by atoms with Gasteiger partial charge in [-0.05, 0) is 55.5 Å². The number of aryl methyl sites for hydroxylation is 1. The minimum absolute atomic E-state index is 0.0185. The Hall–Kier alpha value is -4.52. The van der Waals surface area contributed by atoms with E-state index in [1.807, 2.05) is 0 Å². The number of fused-ring (bicyclic) bond motifs is 2. The Bertz CT molecular complexity index is 1650. The van der Waals surface area contributed by atoms with E-state index in [0.717, 1.165) is 18.2 Å². The summed E-state index contributed by atoms with van der Waals surface area (Å²) < 4.78 is 64.3. The number of aromatic nitrogens is 3. The van der Waals surface area contributed by atoms with Crippen LogP contribution in [0.15, 0.2) is 54.7 Å². The van der Waals surface area contributed by atoms with Crippen molar-refractivity contribution >= 4 is 22.7 Å². The molecule has 2 atom stereocenters. The Balaban J connectivity index is 1.58. The number of nitrogens with one attached hydrogen (secondary N) is 1. The summed E-state index contributed by atoms with van der Waals surface area (Å²) in [6.45, 7) is -0.194. The van der Waals surface area contributed by atoms with Crippen LogP contribution in [0.25, 0.3) is 22.2 Å². The van der Waals surface area contributed by atoms with E-state index in [-0.39, 0.29) is 34.7 Å². The van der Waals surface area contributed by atoms with Gasteiger partial charge in [-0.2, -0.15) is 18.3 Å². The highest BCUT2D eigenvalue weighted by atomic mass is 19.4. The molecule has 13 heteroatoms. The number of amides is 2. The number of hydrogen-bond donors (Lipinski definition) is 3. The number of halogens is 4. The predicted molar refractivity (Wildman–Crippen MR) is 135 cm³/mol. The van der Waals surface area contributed by atoms with E-state index in [1.54, 1.807) is 19.3 Å². The first kappa shape index (κ1) is 27.1. The molecule has 4 aromatic rings. The number of nitrogens with two attached hydrogens (primary N) is 1. The smallest absolute Gasteiger partial charge is 0.424 e. The molecule has 9 nitrogen and oxygen atoms in total. The van der Waals surface area contributed by atoms with Gasteiger partial charge in [-0.15, -0.1) is 0 Å². The van der Waals surface area contributed by atoms with Gasteiger partial charge in [0.05, 0.1) is 17.8 Å². The highest BCUT2D eigenvalue weighted by Crippen LogP contribution is 2.47. The van der Waals surface area contributed by atoms with Crippen LogP contribution in [0.3, 0.4) is 0 Å². The van der Waals surface area contributed by atoms with Crippen molar-refractivity contribution in [3.8, 4) is 17.0 Å². The molecule has 4 N–H and O–H groups in total. The topological polar surface area (TPSA) is 132 Å². The molecular formula is C27H23F4N5O4. The Kier molecular flexibility index (Phi) is 6.29. The third kappa shape index (κ3) is 4.41. The Morgan fingerprint density at radius 2 is 1.88 bits per heavy atom. The third-order valence-corrected chi connectivity index (χ3v) is 7.01. The molecule has 3 heterocycles. The van der Waals surface area contributed by atoms with E-state index < -0.39 is 47.1 Å². The molecule has 0 aliphatic carbocycles. The summed E-state index contributed by atoms with van der Waals surface area (Å²) >= 11 is 0. The first-order chi connectivity index (χ1) is 18.7. The standard InChI is InChI=1S/C27H23F4N5O4/c1-25(24(32)38)13-40-22-18(25)10-20(34-21(22)14-3-6-17(28)7-4-14)26(39,27(29,30)31)12-33-23(37)15-5-8-19-16(9-15)11-36(2)35-19/h3-11,39H,12-13H2,1-2H3,(H2,32,38)(H,33,37)/t25-,26-/m0/s1. The lowest BCUT2D eigenvalue weighted by Gasteiger charge is -2.31. The molecule has 2 aromatic carbocycles. The van der Waals surface area contributed by atoms with Crippen molar-refractivity contribution in [3.05, 3.63) is 77.4 Å². The number of aliphatic hydroxyl groups is 1. The van der Waals surface area contributed by atoms with E-state index in [2.05, 4.69) is 15.4 Å². The minimum Gasteiger partial charge on any atom is -0.489 e. The summed E-state index contributed by atoms with van der Waals surface area (Å²) in [5.74, 6) is -2.37. The normalized spacial score (nSPS) is 18.2. The molecule has 1 aliphatic rings. The van der Waals surface area contributed by atoms with E-state index in [0.29, 0.717) is 10.9 Å². The number of nitrogens with zero attached hydrogens (tertiary/aromatic N) is 3. The van der Waals surface area contributed by atoms with Gasteiger partial charge >= 0.3 is 6.18 Å². The molecule has 0 bridgehead atoms. The molecule has 1 aliphatic heterocycles. The lowest BCUT2D eigenvalue weighted by molar-refractivity contribution is -0.265. The van der Waals surface area contributed by atoms with Crippen LogP contribution >= 0.6 is 0 Å². The highest BCUT2D eigenvalue weighted by Gasteiger charge is 2.57. The second-order valence-corrected chi connectivity index (χ2v) is 9.84.